The normalized spacial score (nSPS) is 20.5. The number of H-pyrrole nitrogens is 1. The van der Waals surface area contributed by atoms with Gasteiger partial charge in [0.2, 0.25) is 0 Å². The summed E-state index contributed by atoms with van der Waals surface area (Å²) < 4.78 is 59.0. The Morgan fingerprint density at radius 1 is 0.891 bits per heavy atom. The van der Waals surface area contributed by atoms with Crippen molar-refractivity contribution in [1.29, 1.82) is 0 Å². The summed E-state index contributed by atoms with van der Waals surface area (Å²) in [5.41, 5.74) is 11.8. The fourth-order valence-electron chi connectivity index (χ4n) is 10.2. The molecule has 7 heterocycles. The largest absolute Gasteiger partial charge is 0.419 e. The summed E-state index contributed by atoms with van der Waals surface area (Å²) in [6, 6.07) is 12.6. The third-order valence-electron chi connectivity index (χ3n) is 13.7. The number of carbonyl (C=O) groups excluding carboxylic acids is 3. The van der Waals surface area contributed by atoms with Gasteiger partial charge in [-0.3, -0.25) is 10.2 Å². The number of halogens is 4. The molecule has 9 rings (SSSR count). The first kappa shape index (κ1) is 42.9. The molecule has 4 N–H and O–H groups in total. The number of nitrogens with two attached hydrogens (primary N) is 1. The van der Waals surface area contributed by atoms with Crippen molar-refractivity contribution in [3.63, 3.8) is 0 Å². The summed E-state index contributed by atoms with van der Waals surface area (Å²) in [4.78, 5) is 53.1. The third kappa shape index (κ3) is 8.50. The van der Waals surface area contributed by atoms with E-state index >= 15 is 4.39 Å². The first-order valence-electron chi connectivity index (χ1n) is 21.9. The molecule has 5 aliphatic rings. The number of aromatic amines is 1. The lowest BCUT2D eigenvalue weighted by Gasteiger charge is -2.39. The minimum atomic E-state index is -4.61. The summed E-state index contributed by atoms with van der Waals surface area (Å²) >= 11 is 0. The van der Waals surface area contributed by atoms with E-state index < -0.39 is 23.5 Å². The van der Waals surface area contributed by atoms with E-state index in [1.807, 2.05) is 22.9 Å². The van der Waals surface area contributed by atoms with Crippen LogP contribution in [0.4, 0.5) is 29.1 Å². The zero-order chi connectivity index (χ0) is 44.7. The molecule has 0 aliphatic carbocycles. The van der Waals surface area contributed by atoms with E-state index in [0.29, 0.717) is 67.0 Å². The molecule has 334 valence electrons. The van der Waals surface area contributed by atoms with Crippen molar-refractivity contribution in [2.24, 2.45) is 16.8 Å². The summed E-state index contributed by atoms with van der Waals surface area (Å²) in [6.07, 6.45) is 4.83. The number of fused-ring (bicyclic) bond motifs is 1. The highest BCUT2D eigenvalue weighted by Gasteiger charge is 2.38. The van der Waals surface area contributed by atoms with Crippen LogP contribution in [0.1, 0.15) is 71.5 Å². The number of hydrogen-bond donors (Lipinski definition) is 3. The number of nitrogens with one attached hydrogen (secondary N) is 2. The second-order valence-electron chi connectivity index (χ2n) is 17.6. The number of likely N-dealkylation sites (N-methyl/N-ethyl adjacent to an activating group) is 1. The Kier molecular flexibility index (Phi) is 11.8. The van der Waals surface area contributed by atoms with Crippen LogP contribution in [0.5, 0.6) is 0 Å². The second kappa shape index (κ2) is 17.6. The molecule has 2 aromatic carbocycles. The Balaban J connectivity index is 0.821. The molecule has 5 aliphatic heterocycles. The molecule has 64 heavy (non-hydrogen) atoms. The second-order valence-corrected chi connectivity index (χ2v) is 17.6. The van der Waals surface area contributed by atoms with E-state index in [9.17, 15) is 27.6 Å². The van der Waals surface area contributed by atoms with Crippen molar-refractivity contribution in [2.75, 3.05) is 75.8 Å². The van der Waals surface area contributed by atoms with Crippen LogP contribution in [0.15, 0.2) is 77.4 Å². The van der Waals surface area contributed by atoms with Gasteiger partial charge in [-0.05, 0) is 105 Å². The van der Waals surface area contributed by atoms with Crippen molar-refractivity contribution in [1.82, 2.24) is 30.1 Å². The van der Waals surface area contributed by atoms with Gasteiger partial charge in [-0.2, -0.15) is 18.3 Å². The molecule has 0 bridgehead atoms. The van der Waals surface area contributed by atoms with Crippen LogP contribution in [0.25, 0.3) is 22.2 Å². The number of rotatable bonds is 9. The van der Waals surface area contributed by atoms with E-state index in [1.54, 1.807) is 10.8 Å². The van der Waals surface area contributed by atoms with Crippen molar-refractivity contribution >= 4 is 45.9 Å². The first-order valence-corrected chi connectivity index (χ1v) is 21.9. The average molecular weight is 879 g/mol. The molecule has 4 fully saturated rings. The maximum absolute atomic E-state index is 16.1. The molecule has 1 amide bonds. The molecule has 0 saturated carbocycles. The number of primary amides is 1. The van der Waals surface area contributed by atoms with Gasteiger partial charge in [-0.1, -0.05) is 24.3 Å². The minimum Gasteiger partial charge on any atom is -0.367 e. The van der Waals surface area contributed by atoms with Gasteiger partial charge in [0.25, 0.3) is 5.91 Å². The van der Waals surface area contributed by atoms with Crippen LogP contribution in [0.3, 0.4) is 0 Å². The number of carbonyl (C=O) groups is 1. The maximum Gasteiger partial charge on any atom is 0.419 e. The molecule has 0 spiro atoms. The molecule has 13 nitrogen and oxygen atoms in total. The van der Waals surface area contributed by atoms with Gasteiger partial charge < -0.3 is 35.2 Å². The number of hydrazone groups is 1. The van der Waals surface area contributed by atoms with Crippen LogP contribution in [-0.4, -0.2) is 120 Å². The molecular formula is C47H50F4N10O3. The standard InChI is InChI=1S/C47H50F4N10O3/c1-57-19-20-61(42(57)28-63)35-3-2-14-60(26-35)44-36-23-41(54-43(36)37(45(52)64)22-39(44)48)32-6-4-30(5-7-32)31-12-15-58(16-13-31)25-29-10-17-59(18-11-29)46-38(47(49,50)51)21-33(24-53-46)40-9-8-34(27-62)55-56-40/h4-9,21-24,29,31,35,54-55H,2-3,10-20,25-26H2,1H3,(H2,52,64)/t35-/m1/s1. The Hall–Kier alpha value is -6.41. The van der Waals surface area contributed by atoms with Crippen LogP contribution >= 0.6 is 0 Å². The number of hydrogen-bond acceptors (Lipinski definition) is 11. The monoisotopic (exact) mass is 878 g/mol. The van der Waals surface area contributed by atoms with Crippen LogP contribution in [-0.2, 0) is 15.8 Å². The minimum absolute atomic E-state index is 0.0161. The van der Waals surface area contributed by atoms with Gasteiger partial charge in [0.1, 0.15) is 17.3 Å². The highest BCUT2D eigenvalue weighted by Crippen LogP contribution is 2.40. The van der Waals surface area contributed by atoms with Crippen LogP contribution < -0.4 is 21.0 Å². The molecule has 4 saturated heterocycles. The number of piperidine rings is 3. The van der Waals surface area contributed by atoms with Crippen molar-refractivity contribution in [3.05, 3.63) is 100 Å². The van der Waals surface area contributed by atoms with Gasteiger partial charge in [0.15, 0.2) is 17.7 Å². The number of likely N-dealkylation sites (tertiary alicyclic amines) is 1. The number of aromatic nitrogens is 2. The van der Waals surface area contributed by atoms with E-state index in [2.05, 4.69) is 60.5 Å². The van der Waals surface area contributed by atoms with Gasteiger partial charge in [0, 0.05) is 81.7 Å². The molecule has 1 atom stereocenters. The number of nitrogens with zero attached hydrogens (tertiary/aromatic N) is 7. The van der Waals surface area contributed by atoms with Gasteiger partial charge in [-0.25, -0.2) is 19.0 Å². The lowest BCUT2D eigenvalue weighted by molar-refractivity contribution is -0.137. The highest BCUT2D eigenvalue weighted by molar-refractivity contribution is 6.10. The van der Waals surface area contributed by atoms with E-state index in [-0.39, 0.29) is 34.4 Å². The molecule has 0 unspecified atom stereocenters. The number of alkyl halides is 3. The summed E-state index contributed by atoms with van der Waals surface area (Å²) in [5.74, 6) is 3.71. The molecule has 4 aromatic rings. The van der Waals surface area contributed by atoms with Crippen molar-refractivity contribution in [3.8, 4) is 11.3 Å². The third-order valence-corrected chi connectivity index (χ3v) is 13.7. The lowest BCUT2D eigenvalue weighted by Crippen LogP contribution is -2.47. The summed E-state index contributed by atoms with van der Waals surface area (Å²) in [7, 11) is 1.88. The fourth-order valence-corrected chi connectivity index (χ4v) is 10.2. The Bertz CT molecular complexity index is 2600. The zero-order valence-electron chi connectivity index (χ0n) is 35.6. The Morgan fingerprint density at radius 2 is 1.66 bits per heavy atom. The summed E-state index contributed by atoms with van der Waals surface area (Å²) in [5, 5.41) is 4.57. The van der Waals surface area contributed by atoms with E-state index in [1.165, 1.54) is 30.0 Å². The Morgan fingerprint density at radius 3 is 2.33 bits per heavy atom. The highest BCUT2D eigenvalue weighted by atomic mass is 19.4. The lowest BCUT2D eigenvalue weighted by atomic mass is 9.87. The molecule has 2 aromatic heterocycles. The van der Waals surface area contributed by atoms with Gasteiger partial charge >= 0.3 is 6.18 Å². The maximum atomic E-state index is 16.1. The van der Waals surface area contributed by atoms with Gasteiger partial charge in [-0.15, -0.1) is 0 Å². The van der Waals surface area contributed by atoms with E-state index in [4.69, 9.17) is 5.73 Å². The number of pyridine rings is 1. The Labute approximate surface area is 367 Å². The number of allylic oxidation sites excluding steroid dienone is 2. The molecule has 17 heteroatoms. The first-order chi connectivity index (χ1) is 30.9. The van der Waals surface area contributed by atoms with Crippen LogP contribution in [0, 0.1) is 11.7 Å². The number of benzene rings is 2. The molecular weight excluding hydrogens is 829 g/mol. The topological polar surface area (TPSA) is 146 Å². The summed E-state index contributed by atoms with van der Waals surface area (Å²) in [6.45, 7) is 6.30. The zero-order valence-corrected chi connectivity index (χ0v) is 35.6. The molecule has 0 radical (unpaired) electrons. The smallest absolute Gasteiger partial charge is 0.367 e. The predicted molar refractivity (Wildman–Crippen MR) is 237 cm³/mol. The van der Waals surface area contributed by atoms with E-state index in [0.717, 1.165) is 82.0 Å². The quantitative estimate of drug-likeness (QED) is 0.134. The number of amides is 1. The average Bonchev–Trinajstić information content (AvgIpc) is 3.92. The van der Waals surface area contributed by atoms with Gasteiger partial charge in [0.05, 0.1) is 28.0 Å². The van der Waals surface area contributed by atoms with Crippen LogP contribution in [0.2, 0.25) is 0 Å². The SMILES string of the molecule is CN1CCN([C@@H]2CCCN(c3c(F)cc(C(N)=O)c4[nH]c(-c5ccc(C6CCN(CC7CCN(c8ncc(C9=NNC(=C=O)C=C9)cc8C(F)(F)F)CC7)CC6)cc5)cc34)C2)C1=C=O. The van der Waals surface area contributed by atoms with Crippen molar-refractivity contribution < 1.29 is 31.9 Å². The number of anilines is 2. The predicted octanol–water partition coefficient (Wildman–Crippen LogP) is 6.05. The van der Waals surface area contributed by atoms with Crippen molar-refractivity contribution in [2.45, 2.75) is 56.7 Å². The fraction of sp³-hybridized carbons (Fsp3) is 0.426.